The maximum absolute atomic E-state index is 12.6. The molecule has 5 rings (SSSR count). The molecule has 1 aliphatic heterocycles. The quantitative estimate of drug-likeness (QED) is 0.307. The van der Waals surface area contributed by atoms with E-state index in [-0.39, 0.29) is 11.9 Å². The minimum absolute atomic E-state index is 0.00304. The molecule has 1 aromatic heterocycles. The normalized spacial score (nSPS) is 15.2. The molecule has 0 radical (unpaired) electrons. The van der Waals surface area contributed by atoms with Gasteiger partial charge in [-0.1, -0.05) is 55.0 Å². The van der Waals surface area contributed by atoms with Crippen LogP contribution in [0.25, 0.3) is 11.3 Å². The Morgan fingerprint density at radius 2 is 1.75 bits per heavy atom. The Kier molecular flexibility index (Phi) is 7.49. The standard InChI is InChI=1S/C29H29N5O2/c35-29(25-14-6-7-16-30-25)34-23-12-8-11-22(17-23)33-28-18-26(31-20-32-28)24-13-4-5-15-27(24)36-19-21-9-2-1-3-10-21/h1-5,8-13,15,17-18,20,25,30H,6-7,14,16,19H2,(H,34,35)(H,31,32,33)/t25-/m0/s1. The monoisotopic (exact) mass is 479 g/mol. The lowest BCUT2D eigenvalue weighted by atomic mass is 10.0. The number of carbonyl (C=O) groups excluding carboxylic acids is 1. The highest BCUT2D eigenvalue weighted by Gasteiger charge is 2.20. The number of hydrogen-bond acceptors (Lipinski definition) is 6. The van der Waals surface area contributed by atoms with E-state index >= 15 is 0 Å². The van der Waals surface area contributed by atoms with Crippen LogP contribution >= 0.6 is 0 Å². The van der Waals surface area contributed by atoms with E-state index < -0.39 is 0 Å². The third-order valence-corrected chi connectivity index (χ3v) is 6.10. The summed E-state index contributed by atoms with van der Waals surface area (Å²) < 4.78 is 6.11. The Hall–Kier alpha value is -4.23. The molecule has 1 amide bonds. The van der Waals surface area contributed by atoms with Crippen LogP contribution in [0, 0.1) is 0 Å². The van der Waals surface area contributed by atoms with Gasteiger partial charge in [0, 0.05) is 23.0 Å². The van der Waals surface area contributed by atoms with E-state index in [9.17, 15) is 4.79 Å². The van der Waals surface area contributed by atoms with Crippen LogP contribution < -0.4 is 20.7 Å². The molecule has 7 heteroatoms. The smallest absolute Gasteiger partial charge is 0.241 e. The van der Waals surface area contributed by atoms with E-state index in [0.29, 0.717) is 12.4 Å². The zero-order chi connectivity index (χ0) is 24.6. The third kappa shape index (κ3) is 6.06. The van der Waals surface area contributed by atoms with Crippen molar-refractivity contribution < 1.29 is 9.53 Å². The minimum atomic E-state index is -0.135. The maximum Gasteiger partial charge on any atom is 0.241 e. The number of aromatic nitrogens is 2. The zero-order valence-corrected chi connectivity index (χ0v) is 20.0. The van der Waals surface area contributed by atoms with Gasteiger partial charge in [-0.15, -0.1) is 0 Å². The molecular formula is C29H29N5O2. The first-order valence-electron chi connectivity index (χ1n) is 12.2. The maximum atomic E-state index is 12.6. The summed E-state index contributed by atoms with van der Waals surface area (Å²) in [5.74, 6) is 1.41. The van der Waals surface area contributed by atoms with Gasteiger partial charge in [0.25, 0.3) is 0 Å². The molecule has 0 aliphatic carbocycles. The van der Waals surface area contributed by atoms with Crippen LogP contribution in [0.3, 0.4) is 0 Å². The largest absolute Gasteiger partial charge is 0.488 e. The number of carbonyl (C=O) groups is 1. The van der Waals surface area contributed by atoms with E-state index in [1.165, 1.54) is 6.33 Å². The number of amides is 1. The second-order valence-electron chi connectivity index (χ2n) is 8.76. The molecule has 182 valence electrons. The van der Waals surface area contributed by atoms with Gasteiger partial charge in [0.05, 0.1) is 11.7 Å². The van der Waals surface area contributed by atoms with E-state index in [2.05, 4.69) is 25.9 Å². The number of para-hydroxylation sites is 1. The van der Waals surface area contributed by atoms with E-state index in [4.69, 9.17) is 4.74 Å². The Bertz CT molecular complexity index is 1310. The molecule has 3 aromatic carbocycles. The fourth-order valence-corrected chi connectivity index (χ4v) is 4.24. The number of piperidine rings is 1. The summed E-state index contributed by atoms with van der Waals surface area (Å²) in [4.78, 5) is 21.5. The number of anilines is 3. The number of nitrogens with one attached hydrogen (secondary N) is 3. The van der Waals surface area contributed by atoms with Crippen molar-refractivity contribution in [1.82, 2.24) is 15.3 Å². The highest BCUT2D eigenvalue weighted by Crippen LogP contribution is 2.30. The van der Waals surface area contributed by atoms with Crippen molar-refractivity contribution >= 4 is 23.1 Å². The predicted octanol–water partition coefficient (Wildman–Crippen LogP) is 5.55. The molecule has 0 saturated carbocycles. The van der Waals surface area contributed by atoms with Crippen molar-refractivity contribution in [2.45, 2.75) is 31.9 Å². The molecule has 2 heterocycles. The van der Waals surface area contributed by atoms with Crippen LogP contribution in [0.5, 0.6) is 5.75 Å². The summed E-state index contributed by atoms with van der Waals surface area (Å²) in [6, 6.07) is 27.3. The van der Waals surface area contributed by atoms with Gasteiger partial charge in [-0.05, 0) is 55.3 Å². The molecule has 7 nitrogen and oxygen atoms in total. The van der Waals surface area contributed by atoms with Gasteiger partial charge in [-0.25, -0.2) is 9.97 Å². The van der Waals surface area contributed by atoms with Crippen molar-refractivity contribution in [3.63, 3.8) is 0 Å². The molecule has 0 bridgehead atoms. The molecule has 0 spiro atoms. The highest BCUT2D eigenvalue weighted by molar-refractivity contribution is 5.95. The fraction of sp³-hybridized carbons (Fsp3) is 0.207. The van der Waals surface area contributed by atoms with Crippen molar-refractivity contribution in [3.8, 4) is 17.0 Å². The van der Waals surface area contributed by atoms with Crippen LogP contribution in [-0.4, -0.2) is 28.5 Å². The molecule has 36 heavy (non-hydrogen) atoms. The number of rotatable bonds is 8. The topological polar surface area (TPSA) is 88.2 Å². The van der Waals surface area contributed by atoms with Gasteiger partial charge < -0.3 is 20.7 Å². The second-order valence-corrected chi connectivity index (χ2v) is 8.76. The summed E-state index contributed by atoms with van der Waals surface area (Å²) in [6.07, 6.45) is 4.59. The summed E-state index contributed by atoms with van der Waals surface area (Å²) >= 11 is 0. The van der Waals surface area contributed by atoms with Crippen LogP contribution in [0.4, 0.5) is 17.2 Å². The summed E-state index contributed by atoms with van der Waals surface area (Å²) in [5, 5.41) is 9.63. The Labute approximate surface area is 211 Å². The number of hydrogen-bond donors (Lipinski definition) is 3. The van der Waals surface area contributed by atoms with Crippen LogP contribution in [-0.2, 0) is 11.4 Å². The van der Waals surface area contributed by atoms with E-state index in [1.807, 2.05) is 84.9 Å². The summed E-state index contributed by atoms with van der Waals surface area (Å²) in [5.41, 5.74) is 4.31. The molecule has 1 atom stereocenters. The zero-order valence-electron chi connectivity index (χ0n) is 20.0. The Morgan fingerprint density at radius 1 is 0.917 bits per heavy atom. The Morgan fingerprint density at radius 3 is 2.61 bits per heavy atom. The van der Waals surface area contributed by atoms with Crippen molar-refractivity contribution in [1.29, 1.82) is 0 Å². The van der Waals surface area contributed by atoms with Crippen molar-refractivity contribution in [2.24, 2.45) is 0 Å². The first-order chi connectivity index (χ1) is 17.7. The highest BCUT2D eigenvalue weighted by atomic mass is 16.5. The first kappa shape index (κ1) is 23.5. The van der Waals surface area contributed by atoms with Gasteiger partial charge >= 0.3 is 0 Å². The molecule has 3 N–H and O–H groups in total. The molecule has 1 fully saturated rings. The third-order valence-electron chi connectivity index (χ3n) is 6.10. The number of nitrogens with zero attached hydrogens (tertiary/aromatic N) is 2. The molecule has 1 aliphatic rings. The lowest BCUT2D eigenvalue weighted by Crippen LogP contribution is -2.43. The SMILES string of the molecule is O=C(Nc1cccc(Nc2cc(-c3ccccc3OCc3ccccc3)ncn2)c1)[C@@H]1CCCCN1. The van der Waals surface area contributed by atoms with Crippen LogP contribution in [0.15, 0.2) is 91.3 Å². The van der Waals surface area contributed by atoms with Crippen LogP contribution in [0.2, 0.25) is 0 Å². The molecule has 4 aromatic rings. The van der Waals surface area contributed by atoms with Gasteiger partial charge in [0.2, 0.25) is 5.91 Å². The lowest BCUT2D eigenvalue weighted by molar-refractivity contribution is -0.118. The van der Waals surface area contributed by atoms with Crippen molar-refractivity contribution in [2.75, 3.05) is 17.2 Å². The first-order valence-corrected chi connectivity index (χ1v) is 12.2. The molecular weight excluding hydrogens is 450 g/mol. The average Bonchev–Trinajstić information content (AvgIpc) is 2.93. The van der Waals surface area contributed by atoms with Gasteiger partial charge in [0.1, 0.15) is 24.5 Å². The lowest BCUT2D eigenvalue weighted by Gasteiger charge is -2.22. The fourth-order valence-electron chi connectivity index (χ4n) is 4.24. The summed E-state index contributed by atoms with van der Waals surface area (Å²) in [7, 11) is 0. The van der Waals surface area contributed by atoms with Crippen molar-refractivity contribution in [3.05, 3.63) is 96.8 Å². The minimum Gasteiger partial charge on any atom is -0.488 e. The molecule has 1 saturated heterocycles. The van der Waals surface area contributed by atoms with E-state index in [1.54, 1.807) is 0 Å². The number of ether oxygens (including phenoxy) is 1. The average molecular weight is 480 g/mol. The summed E-state index contributed by atoms with van der Waals surface area (Å²) in [6.45, 7) is 1.36. The van der Waals surface area contributed by atoms with E-state index in [0.717, 1.165) is 59.8 Å². The van der Waals surface area contributed by atoms with Gasteiger partial charge in [0.15, 0.2) is 0 Å². The Balaban J connectivity index is 1.29. The van der Waals surface area contributed by atoms with Crippen LogP contribution in [0.1, 0.15) is 24.8 Å². The second kappa shape index (κ2) is 11.5. The number of benzene rings is 3. The molecule has 0 unspecified atom stereocenters. The van der Waals surface area contributed by atoms with Gasteiger partial charge in [-0.3, -0.25) is 4.79 Å². The van der Waals surface area contributed by atoms with Gasteiger partial charge in [-0.2, -0.15) is 0 Å². The predicted molar refractivity (Wildman–Crippen MR) is 142 cm³/mol.